The lowest BCUT2D eigenvalue weighted by atomic mass is 9.95. The molecule has 140 valence electrons. The molecule has 1 fully saturated rings. The maximum atomic E-state index is 12.7. The quantitative estimate of drug-likeness (QED) is 0.728. The van der Waals surface area contributed by atoms with Gasteiger partial charge in [-0.15, -0.1) is 0 Å². The second-order valence-electron chi connectivity index (χ2n) is 6.85. The van der Waals surface area contributed by atoms with Gasteiger partial charge >= 0.3 is 6.03 Å². The summed E-state index contributed by atoms with van der Waals surface area (Å²) in [7, 11) is 1.66. The summed E-state index contributed by atoms with van der Waals surface area (Å²) >= 11 is 0. The van der Waals surface area contributed by atoms with Gasteiger partial charge in [0, 0.05) is 18.8 Å². The number of rotatable bonds is 5. The molecular formula is C21H24N4O2. The highest BCUT2D eigenvalue weighted by Gasteiger charge is 2.33. The Balaban J connectivity index is 1.48. The SMILES string of the molecule is CCCn1cnc2cc(NC(=O)N3CC[C@H]3c3cccc(OC)c3)ccc21. The minimum Gasteiger partial charge on any atom is -0.497 e. The van der Waals surface area contributed by atoms with E-state index in [1.54, 1.807) is 7.11 Å². The maximum absolute atomic E-state index is 12.7. The van der Waals surface area contributed by atoms with E-state index in [2.05, 4.69) is 21.8 Å². The Labute approximate surface area is 158 Å². The van der Waals surface area contributed by atoms with Crippen molar-refractivity contribution in [3.63, 3.8) is 0 Å². The first kappa shape index (κ1) is 17.4. The number of nitrogens with zero attached hydrogens (tertiary/aromatic N) is 3. The molecule has 2 aromatic carbocycles. The van der Waals surface area contributed by atoms with Crippen molar-refractivity contribution in [2.75, 3.05) is 19.0 Å². The number of nitrogens with one attached hydrogen (secondary N) is 1. The Morgan fingerprint density at radius 1 is 1.30 bits per heavy atom. The molecule has 0 spiro atoms. The molecule has 1 aromatic heterocycles. The number of carbonyl (C=O) groups excluding carboxylic acids is 1. The van der Waals surface area contributed by atoms with E-state index < -0.39 is 0 Å². The topological polar surface area (TPSA) is 59.4 Å². The van der Waals surface area contributed by atoms with Crippen molar-refractivity contribution in [3.8, 4) is 5.75 Å². The van der Waals surface area contributed by atoms with Gasteiger partial charge in [0.2, 0.25) is 0 Å². The Bertz CT molecular complexity index is 966. The molecule has 0 radical (unpaired) electrons. The second-order valence-corrected chi connectivity index (χ2v) is 6.85. The monoisotopic (exact) mass is 364 g/mol. The highest BCUT2D eigenvalue weighted by atomic mass is 16.5. The lowest BCUT2D eigenvalue weighted by Crippen LogP contribution is -2.47. The van der Waals surface area contributed by atoms with Gasteiger partial charge in [-0.2, -0.15) is 0 Å². The Morgan fingerprint density at radius 2 is 2.19 bits per heavy atom. The third kappa shape index (κ3) is 3.35. The number of hydrogen-bond acceptors (Lipinski definition) is 3. The summed E-state index contributed by atoms with van der Waals surface area (Å²) in [6, 6.07) is 13.8. The van der Waals surface area contributed by atoms with Crippen molar-refractivity contribution < 1.29 is 9.53 Å². The van der Waals surface area contributed by atoms with Crippen LogP contribution in [0.4, 0.5) is 10.5 Å². The number of anilines is 1. The number of methoxy groups -OCH3 is 1. The van der Waals surface area contributed by atoms with Crippen LogP contribution in [-0.2, 0) is 6.54 Å². The fourth-order valence-electron chi connectivity index (χ4n) is 3.58. The van der Waals surface area contributed by atoms with Gasteiger partial charge in [0.15, 0.2) is 0 Å². The van der Waals surface area contributed by atoms with Crippen molar-refractivity contribution in [2.45, 2.75) is 32.4 Å². The summed E-state index contributed by atoms with van der Waals surface area (Å²) in [4.78, 5) is 19.0. The second kappa shape index (κ2) is 7.31. The molecule has 1 saturated heterocycles. The summed E-state index contributed by atoms with van der Waals surface area (Å²) in [5, 5.41) is 3.01. The molecule has 0 saturated carbocycles. The standard InChI is InChI=1S/C21H24N4O2/c1-3-10-24-14-22-18-13-16(7-8-20(18)24)23-21(26)25-11-9-19(25)15-5-4-6-17(12-15)27-2/h4-8,12-14,19H,3,9-11H2,1-2H3,(H,23,26)/t19-/m0/s1. The average Bonchev–Trinajstić information content (AvgIpc) is 3.03. The van der Waals surface area contributed by atoms with Crippen LogP contribution in [-0.4, -0.2) is 34.1 Å². The van der Waals surface area contributed by atoms with Crippen molar-refractivity contribution in [1.29, 1.82) is 0 Å². The summed E-state index contributed by atoms with van der Waals surface area (Å²) < 4.78 is 7.43. The number of carbonyl (C=O) groups is 1. The first-order chi connectivity index (χ1) is 13.2. The molecule has 1 aliphatic rings. The molecule has 3 aromatic rings. The molecule has 4 rings (SSSR count). The lowest BCUT2D eigenvalue weighted by Gasteiger charge is -2.41. The maximum Gasteiger partial charge on any atom is 0.322 e. The number of urea groups is 1. The van der Waals surface area contributed by atoms with Gasteiger partial charge in [0.05, 0.1) is 30.5 Å². The van der Waals surface area contributed by atoms with Crippen LogP contribution in [0.25, 0.3) is 11.0 Å². The third-order valence-electron chi connectivity index (χ3n) is 5.10. The van der Waals surface area contributed by atoms with E-state index in [9.17, 15) is 4.79 Å². The number of likely N-dealkylation sites (tertiary alicyclic amines) is 1. The molecule has 2 heterocycles. The van der Waals surface area contributed by atoms with Crippen LogP contribution in [0.15, 0.2) is 48.8 Å². The van der Waals surface area contributed by atoms with Crippen LogP contribution in [0, 0.1) is 0 Å². The fraction of sp³-hybridized carbons (Fsp3) is 0.333. The van der Waals surface area contributed by atoms with Gasteiger partial charge in [-0.3, -0.25) is 0 Å². The molecule has 1 atom stereocenters. The van der Waals surface area contributed by atoms with Crippen molar-refractivity contribution in [2.24, 2.45) is 0 Å². The van der Waals surface area contributed by atoms with Crippen LogP contribution in [0.2, 0.25) is 0 Å². The minimum absolute atomic E-state index is 0.0820. The Morgan fingerprint density at radius 3 is 2.93 bits per heavy atom. The normalized spacial score (nSPS) is 16.2. The van der Waals surface area contributed by atoms with Crippen molar-refractivity contribution >= 4 is 22.8 Å². The van der Waals surface area contributed by atoms with Gasteiger partial charge in [0.1, 0.15) is 5.75 Å². The number of hydrogen-bond donors (Lipinski definition) is 1. The van der Waals surface area contributed by atoms with Crippen molar-refractivity contribution in [3.05, 3.63) is 54.4 Å². The van der Waals surface area contributed by atoms with Crippen LogP contribution in [0.3, 0.4) is 0 Å². The minimum atomic E-state index is -0.0820. The first-order valence-corrected chi connectivity index (χ1v) is 9.36. The first-order valence-electron chi connectivity index (χ1n) is 9.36. The fourth-order valence-corrected chi connectivity index (χ4v) is 3.58. The lowest BCUT2D eigenvalue weighted by molar-refractivity contribution is 0.126. The van der Waals surface area contributed by atoms with E-state index >= 15 is 0 Å². The molecule has 6 heteroatoms. The average molecular weight is 364 g/mol. The van der Waals surface area contributed by atoms with Gasteiger partial charge < -0.3 is 19.5 Å². The molecule has 6 nitrogen and oxygen atoms in total. The van der Waals surface area contributed by atoms with E-state index in [0.29, 0.717) is 0 Å². The molecule has 0 bridgehead atoms. The zero-order valence-corrected chi connectivity index (χ0v) is 15.7. The highest BCUT2D eigenvalue weighted by Crippen LogP contribution is 2.35. The van der Waals surface area contributed by atoms with E-state index in [-0.39, 0.29) is 12.1 Å². The van der Waals surface area contributed by atoms with Crippen LogP contribution >= 0.6 is 0 Å². The van der Waals surface area contributed by atoms with E-state index in [1.807, 2.05) is 53.7 Å². The van der Waals surface area contributed by atoms with Gasteiger partial charge in [-0.1, -0.05) is 19.1 Å². The Kier molecular flexibility index (Phi) is 4.71. The van der Waals surface area contributed by atoms with Gasteiger partial charge in [0.25, 0.3) is 0 Å². The third-order valence-corrected chi connectivity index (χ3v) is 5.10. The van der Waals surface area contributed by atoms with Crippen molar-refractivity contribution in [1.82, 2.24) is 14.5 Å². The summed E-state index contributed by atoms with van der Waals surface area (Å²) in [5.74, 6) is 0.813. The molecular weight excluding hydrogens is 340 g/mol. The number of imidazole rings is 1. The van der Waals surface area contributed by atoms with Crippen LogP contribution in [0.5, 0.6) is 5.75 Å². The zero-order chi connectivity index (χ0) is 18.8. The number of fused-ring (bicyclic) bond motifs is 1. The Hall–Kier alpha value is -3.02. The van der Waals surface area contributed by atoms with Gasteiger partial charge in [-0.05, 0) is 48.7 Å². The van der Waals surface area contributed by atoms with Crippen LogP contribution < -0.4 is 10.1 Å². The van der Waals surface area contributed by atoms with E-state index in [0.717, 1.165) is 54.0 Å². The summed E-state index contributed by atoms with van der Waals surface area (Å²) in [6.45, 7) is 3.84. The number of aryl methyl sites for hydroxylation is 1. The smallest absolute Gasteiger partial charge is 0.322 e. The summed E-state index contributed by atoms with van der Waals surface area (Å²) in [6.07, 6.45) is 3.87. The molecule has 1 aliphatic heterocycles. The number of aromatic nitrogens is 2. The molecule has 27 heavy (non-hydrogen) atoms. The number of amides is 2. The predicted octanol–water partition coefficient (Wildman–Crippen LogP) is 4.43. The predicted molar refractivity (Wildman–Crippen MR) is 106 cm³/mol. The van der Waals surface area contributed by atoms with Gasteiger partial charge in [-0.25, -0.2) is 9.78 Å². The van der Waals surface area contributed by atoms with E-state index in [1.165, 1.54) is 0 Å². The summed E-state index contributed by atoms with van der Waals surface area (Å²) in [5.41, 5.74) is 3.86. The number of ether oxygens (including phenoxy) is 1. The number of benzene rings is 2. The zero-order valence-electron chi connectivity index (χ0n) is 15.7. The largest absolute Gasteiger partial charge is 0.497 e. The molecule has 1 N–H and O–H groups in total. The molecule has 0 unspecified atom stereocenters. The molecule has 0 aliphatic carbocycles. The van der Waals surface area contributed by atoms with Crippen LogP contribution in [0.1, 0.15) is 31.4 Å². The highest BCUT2D eigenvalue weighted by molar-refractivity contribution is 5.92. The van der Waals surface area contributed by atoms with E-state index in [4.69, 9.17) is 4.74 Å². The molecule has 2 amide bonds.